The van der Waals surface area contributed by atoms with E-state index in [1.807, 2.05) is 12.1 Å². The van der Waals surface area contributed by atoms with Crippen molar-refractivity contribution in [2.24, 2.45) is 0 Å². The molecular formula is C52H35NO. The number of furan rings is 1. The minimum absolute atomic E-state index is 0.898. The summed E-state index contributed by atoms with van der Waals surface area (Å²) in [7, 11) is 0. The van der Waals surface area contributed by atoms with Crippen LogP contribution in [0.3, 0.4) is 0 Å². The maximum absolute atomic E-state index is 6.26. The lowest BCUT2D eigenvalue weighted by atomic mass is 9.87. The lowest BCUT2D eigenvalue weighted by Gasteiger charge is -2.30. The van der Waals surface area contributed by atoms with E-state index in [9.17, 15) is 0 Å². The molecule has 0 saturated heterocycles. The van der Waals surface area contributed by atoms with Crippen LogP contribution < -0.4 is 4.90 Å². The molecule has 0 amide bonds. The molecule has 9 aromatic carbocycles. The molecule has 0 radical (unpaired) electrons. The van der Waals surface area contributed by atoms with Crippen LogP contribution in [0.25, 0.3) is 77.2 Å². The van der Waals surface area contributed by atoms with E-state index < -0.39 is 0 Å². The predicted octanol–water partition coefficient (Wildman–Crippen LogP) is 14.9. The van der Waals surface area contributed by atoms with Crippen molar-refractivity contribution < 1.29 is 4.42 Å². The number of fused-ring (bicyclic) bond motifs is 4. The van der Waals surface area contributed by atoms with Crippen molar-refractivity contribution in [1.29, 1.82) is 0 Å². The van der Waals surface area contributed by atoms with E-state index in [2.05, 4.69) is 205 Å². The Kier molecular flexibility index (Phi) is 7.85. The van der Waals surface area contributed by atoms with Gasteiger partial charge in [-0.1, -0.05) is 164 Å². The molecule has 10 rings (SSSR count). The molecule has 0 aliphatic carbocycles. The van der Waals surface area contributed by atoms with Crippen molar-refractivity contribution in [1.82, 2.24) is 0 Å². The zero-order chi connectivity index (χ0) is 35.8. The highest BCUT2D eigenvalue weighted by atomic mass is 16.3. The van der Waals surface area contributed by atoms with Crippen molar-refractivity contribution in [2.75, 3.05) is 4.90 Å². The van der Waals surface area contributed by atoms with Crippen LogP contribution in [0.1, 0.15) is 0 Å². The van der Waals surface area contributed by atoms with Gasteiger partial charge < -0.3 is 9.32 Å². The van der Waals surface area contributed by atoms with Gasteiger partial charge >= 0.3 is 0 Å². The Bertz CT molecular complexity index is 2920. The van der Waals surface area contributed by atoms with E-state index in [4.69, 9.17) is 4.42 Å². The zero-order valence-electron chi connectivity index (χ0n) is 29.6. The monoisotopic (exact) mass is 689 g/mol. The van der Waals surface area contributed by atoms with E-state index in [0.717, 1.165) is 50.1 Å². The Balaban J connectivity index is 1.18. The van der Waals surface area contributed by atoms with Gasteiger partial charge in [0.15, 0.2) is 0 Å². The summed E-state index contributed by atoms with van der Waals surface area (Å²) >= 11 is 0. The highest BCUT2D eigenvalue weighted by Gasteiger charge is 2.23. The first-order valence-electron chi connectivity index (χ1n) is 18.4. The first kappa shape index (κ1) is 31.6. The summed E-state index contributed by atoms with van der Waals surface area (Å²) in [5.41, 5.74) is 14.4. The molecule has 254 valence electrons. The van der Waals surface area contributed by atoms with Gasteiger partial charge in [0.25, 0.3) is 0 Å². The molecule has 0 saturated carbocycles. The van der Waals surface area contributed by atoms with Crippen LogP contribution in [-0.2, 0) is 0 Å². The fraction of sp³-hybridized carbons (Fsp3) is 0. The summed E-state index contributed by atoms with van der Waals surface area (Å²) in [4.78, 5) is 2.42. The van der Waals surface area contributed by atoms with E-state index >= 15 is 0 Å². The molecule has 0 bridgehead atoms. The molecular weight excluding hydrogens is 655 g/mol. The summed E-state index contributed by atoms with van der Waals surface area (Å²) in [5, 5.41) is 4.68. The smallest absolute Gasteiger partial charge is 0.136 e. The van der Waals surface area contributed by atoms with Crippen LogP contribution in [0.5, 0.6) is 0 Å². The lowest BCUT2D eigenvalue weighted by Crippen LogP contribution is -2.12. The van der Waals surface area contributed by atoms with Gasteiger partial charge in [0.2, 0.25) is 0 Å². The van der Waals surface area contributed by atoms with Crippen molar-refractivity contribution in [3.63, 3.8) is 0 Å². The van der Waals surface area contributed by atoms with Gasteiger partial charge in [-0.25, -0.2) is 0 Å². The standard InChI is InChI=1S/C52H35NO/c1-3-15-38(16-4-1)44-20-9-10-22-48(44)52-45(39-17-5-2-6-18-39)23-13-24-49(52)53(43-32-28-36-14-7-8-19-40(36)34-43)42-30-26-37(27-31-42)41-29-33-47-46-21-11-12-25-50(46)54-51(47)35-41/h1-35H. The molecule has 0 spiro atoms. The van der Waals surface area contributed by atoms with Gasteiger partial charge in [0.05, 0.1) is 5.69 Å². The average molecular weight is 690 g/mol. The SMILES string of the molecule is c1ccc(-c2ccccc2-c2c(-c3ccccc3)cccc2N(c2ccc(-c3ccc4c(c3)oc3ccccc34)cc2)c2ccc3ccccc3c2)cc1. The summed E-state index contributed by atoms with van der Waals surface area (Å²) < 4.78 is 6.26. The largest absolute Gasteiger partial charge is 0.456 e. The fourth-order valence-electron chi connectivity index (χ4n) is 7.89. The van der Waals surface area contributed by atoms with E-state index in [1.54, 1.807) is 0 Å². The van der Waals surface area contributed by atoms with Gasteiger partial charge in [-0.3, -0.25) is 0 Å². The van der Waals surface area contributed by atoms with Crippen molar-refractivity contribution >= 4 is 49.8 Å². The molecule has 0 unspecified atom stereocenters. The van der Waals surface area contributed by atoms with Crippen LogP contribution in [-0.4, -0.2) is 0 Å². The first-order valence-corrected chi connectivity index (χ1v) is 18.4. The Morgan fingerprint density at radius 3 is 1.70 bits per heavy atom. The van der Waals surface area contributed by atoms with E-state index in [-0.39, 0.29) is 0 Å². The Labute approximate surface area is 314 Å². The molecule has 10 aromatic rings. The minimum Gasteiger partial charge on any atom is -0.456 e. The normalized spacial score (nSPS) is 11.3. The van der Waals surface area contributed by atoms with Crippen LogP contribution in [0.15, 0.2) is 217 Å². The van der Waals surface area contributed by atoms with Gasteiger partial charge in [-0.2, -0.15) is 0 Å². The molecule has 0 N–H and O–H groups in total. The number of rotatable bonds is 7. The number of benzene rings is 9. The Morgan fingerprint density at radius 1 is 0.315 bits per heavy atom. The number of hydrogen-bond acceptors (Lipinski definition) is 2. The van der Waals surface area contributed by atoms with E-state index in [1.165, 1.54) is 44.2 Å². The molecule has 0 atom stereocenters. The summed E-state index contributed by atoms with van der Waals surface area (Å²) in [5.74, 6) is 0. The van der Waals surface area contributed by atoms with Crippen LogP contribution in [0, 0.1) is 0 Å². The van der Waals surface area contributed by atoms with E-state index in [0.29, 0.717) is 0 Å². The number of hydrogen-bond donors (Lipinski definition) is 0. The Hall–Kier alpha value is -7.16. The molecule has 1 aromatic heterocycles. The summed E-state index contributed by atoms with van der Waals surface area (Å²) in [6.07, 6.45) is 0. The highest BCUT2D eigenvalue weighted by molar-refractivity contribution is 6.06. The zero-order valence-corrected chi connectivity index (χ0v) is 29.6. The Morgan fingerprint density at radius 2 is 0.907 bits per heavy atom. The topological polar surface area (TPSA) is 16.4 Å². The van der Waals surface area contributed by atoms with Crippen LogP contribution >= 0.6 is 0 Å². The first-order chi connectivity index (χ1) is 26.8. The van der Waals surface area contributed by atoms with Gasteiger partial charge in [0, 0.05) is 27.7 Å². The average Bonchev–Trinajstić information content (AvgIpc) is 3.63. The molecule has 2 heteroatoms. The summed E-state index contributed by atoms with van der Waals surface area (Å²) in [6, 6.07) is 76.1. The maximum atomic E-state index is 6.26. The third-order valence-corrected chi connectivity index (χ3v) is 10.5. The van der Waals surface area contributed by atoms with Gasteiger partial charge in [-0.15, -0.1) is 0 Å². The second-order valence-electron chi connectivity index (χ2n) is 13.7. The quantitative estimate of drug-likeness (QED) is 0.166. The highest BCUT2D eigenvalue weighted by Crippen LogP contribution is 2.48. The van der Waals surface area contributed by atoms with Gasteiger partial charge in [0.1, 0.15) is 11.2 Å². The lowest BCUT2D eigenvalue weighted by molar-refractivity contribution is 0.669. The molecule has 0 aliphatic heterocycles. The molecule has 0 fully saturated rings. The van der Waals surface area contributed by atoms with Crippen molar-refractivity contribution in [2.45, 2.75) is 0 Å². The molecule has 0 aliphatic rings. The van der Waals surface area contributed by atoms with Crippen LogP contribution in [0.2, 0.25) is 0 Å². The minimum atomic E-state index is 0.898. The molecule has 2 nitrogen and oxygen atoms in total. The number of para-hydroxylation sites is 1. The van der Waals surface area contributed by atoms with Crippen molar-refractivity contribution in [3.8, 4) is 44.5 Å². The predicted molar refractivity (Wildman–Crippen MR) is 228 cm³/mol. The summed E-state index contributed by atoms with van der Waals surface area (Å²) in [6.45, 7) is 0. The van der Waals surface area contributed by atoms with Crippen LogP contribution in [0.4, 0.5) is 17.1 Å². The molecule has 1 heterocycles. The second-order valence-corrected chi connectivity index (χ2v) is 13.7. The maximum Gasteiger partial charge on any atom is 0.136 e. The third-order valence-electron chi connectivity index (χ3n) is 10.5. The third kappa shape index (κ3) is 5.62. The van der Waals surface area contributed by atoms with Crippen molar-refractivity contribution in [3.05, 3.63) is 212 Å². The molecule has 54 heavy (non-hydrogen) atoms. The van der Waals surface area contributed by atoms with Gasteiger partial charge in [-0.05, 0) is 98.2 Å². The fourth-order valence-corrected chi connectivity index (χ4v) is 7.89. The number of anilines is 3. The number of nitrogens with zero attached hydrogens (tertiary/aromatic N) is 1. The second kappa shape index (κ2) is 13.4.